The highest BCUT2D eigenvalue weighted by Gasteiger charge is 2.16. The van der Waals surface area contributed by atoms with E-state index in [0.29, 0.717) is 33.5 Å². The van der Waals surface area contributed by atoms with Crippen LogP contribution in [-0.4, -0.2) is 19.7 Å². The second-order valence-electron chi connectivity index (χ2n) is 6.49. The summed E-state index contributed by atoms with van der Waals surface area (Å²) in [5.74, 6) is 1.45. The molecule has 4 rings (SSSR count). The summed E-state index contributed by atoms with van der Waals surface area (Å²) in [6.45, 7) is 3.94. The van der Waals surface area contributed by atoms with Crippen LogP contribution in [0.3, 0.4) is 0 Å². The van der Waals surface area contributed by atoms with Crippen LogP contribution in [0.15, 0.2) is 67.5 Å². The van der Waals surface area contributed by atoms with Crippen molar-refractivity contribution >= 4 is 38.6 Å². The maximum atomic E-state index is 12.9. The van der Waals surface area contributed by atoms with E-state index in [4.69, 9.17) is 4.52 Å². The number of hydrogen-bond acceptors (Lipinski definition) is 6. The van der Waals surface area contributed by atoms with Crippen molar-refractivity contribution in [1.29, 1.82) is 0 Å². The van der Waals surface area contributed by atoms with Gasteiger partial charge in [0, 0.05) is 16.1 Å². The summed E-state index contributed by atoms with van der Waals surface area (Å²) in [7, 11) is 0. The van der Waals surface area contributed by atoms with Crippen LogP contribution in [0.25, 0.3) is 22.3 Å². The zero-order chi connectivity index (χ0) is 19.7. The van der Waals surface area contributed by atoms with Gasteiger partial charge in [0.15, 0.2) is 5.16 Å². The van der Waals surface area contributed by atoms with Crippen molar-refractivity contribution in [1.82, 2.24) is 19.7 Å². The van der Waals surface area contributed by atoms with E-state index < -0.39 is 0 Å². The van der Waals surface area contributed by atoms with Crippen LogP contribution in [0.4, 0.5) is 0 Å². The number of hydrogen-bond donors (Lipinski definition) is 0. The highest BCUT2D eigenvalue weighted by atomic mass is 79.9. The van der Waals surface area contributed by atoms with E-state index in [9.17, 15) is 4.79 Å². The first-order chi connectivity index (χ1) is 13.5. The van der Waals surface area contributed by atoms with Crippen LogP contribution in [0.2, 0.25) is 0 Å². The molecule has 28 heavy (non-hydrogen) atoms. The number of benzene rings is 2. The predicted octanol–water partition coefficient (Wildman–Crippen LogP) is 5.08. The Morgan fingerprint density at radius 2 is 1.96 bits per heavy atom. The predicted molar refractivity (Wildman–Crippen MR) is 113 cm³/mol. The van der Waals surface area contributed by atoms with Crippen LogP contribution in [0, 0.1) is 0 Å². The van der Waals surface area contributed by atoms with Crippen LogP contribution in [0.5, 0.6) is 0 Å². The molecule has 8 heteroatoms. The first-order valence-corrected chi connectivity index (χ1v) is 10.5. The minimum atomic E-state index is -0.0385. The normalized spacial score (nSPS) is 11.4. The Labute approximate surface area is 174 Å². The molecule has 0 atom stereocenters. The van der Waals surface area contributed by atoms with Crippen LogP contribution >= 0.6 is 27.7 Å². The largest absolute Gasteiger partial charge is 0.338 e. The summed E-state index contributed by atoms with van der Waals surface area (Å²) in [4.78, 5) is 22.0. The molecule has 2 heterocycles. The average Bonchev–Trinajstić information content (AvgIpc) is 3.15. The van der Waals surface area contributed by atoms with Crippen molar-refractivity contribution in [2.75, 3.05) is 0 Å². The monoisotopic (exact) mass is 456 g/mol. The van der Waals surface area contributed by atoms with Gasteiger partial charge in [-0.1, -0.05) is 57.1 Å². The first kappa shape index (κ1) is 18.9. The van der Waals surface area contributed by atoms with Crippen molar-refractivity contribution < 1.29 is 4.52 Å². The third-order valence-electron chi connectivity index (χ3n) is 4.17. The Balaban J connectivity index is 1.63. The van der Waals surface area contributed by atoms with E-state index in [0.717, 1.165) is 10.0 Å². The molecule has 142 valence electrons. The third kappa shape index (κ3) is 3.74. The number of nitrogens with zero attached hydrogens (tertiary/aromatic N) is 4. The lowest BCUT2D eigenvalue weighted by atomic mass is 10.2. The highest BCUT2D eigenvalue weighted by Crippen LogP contribution is 2.25. The summed E-state index contributed by atoms with van der Waals surface area (Å²) in [6, 6.07) is 15.1. The van der Waals surface area contributed by atoms with E-state index in [2.05, 4.69) is 31.1 Å². The molecule has 0 N–H and O–H groups in total. The van der Waals surface area contributed by atoms with Crippen molar-refractivity contribution in [3.8, 4) is 11.4 Å². The molecule has 0 aliphatic heterocycles. The molecule has 0 saturated carbocycles. The molecular weight excluding hydrogens is 440 g/mol. The van der Waals surface area contributed by atoms with Gasteiger partial charge in [0.25, 0.3) is 5.56 Å². The lowest BCUT2D eigenvalue weighted by Gasteiger charge is -2.15. The molecule has 0 bridgehead atoms. The molecule has 2 aromatic heterocycles. The number of aromatic nitrogens is 4. The van der Waals surface area contributed by atoms with Gasteiger partial charge in [-0.2, -0.15) is 4.98 Å². The van der Waals surface area contributed by atoms with E-state index in [-0.39, 0.29) is 11.6 Å². The fourth-order valence-electron chi connectivity index (χ4n) is 2.87. The molecule has 0 radical (unpaired) electrons. The molecule has 6 nitrogen and oxygen atoms in total. The molecule has 4 aromatic rings. The summed E-state index contributed by atoms with van der Waals surface area (Å²) in [5, 5.41) is 5.32. The highest BCUT2D eigenvalue weighted by molar-refractivity contribution is 9.10. The van der Waals surface area contributed by atoms with Gasteiger partial charge in [-0.3, -0.25) is 9.36 Å². The van der Waals surface area contributed by atoms with Crippen LogP contribution < -0.4 is 5.56 Å². The SMILES string of the molecule is CC(C)n1c(SCc2nc(-c3cccc(Br)c3)no2)nc2ccccc2c1=O. The zero-order valence-electron chi connectivity index (χ0n) is 15.3. The summed E-state index contributed by atoms with van der Waals surface area (Å²) in [6.07, 6.45) is 0. The number of para-hydroxylation sites is 1. The Kier molecular flexibility index (Phi) is 5.32. The second kappa shape index (κ2) is 7.89. The average molecular weight is 457 g/mol. The Morgan fingerprint density at radius 3 is 2.75 bits per heavy atom. The summed E-state index contributed by atoms with van der Waals surface area (Å²) < 4.78 is 8.04. The molecule has 0 fully saturated rings. The van der Waals surface area contributed by atoms with Crippen molar-refractivity contribution in [3.63, 3.8) is 0 Å². The van der Waals surface area contributed by atoms with Crippen molar-refractivity contribution in [3.05, 3.63) is 69.2 Å². The van der Waals surface area contributed by atoms with E-state index in [1.165, 1.54) is 11.8 Å². The quantitative estimate of drug-likeness (QED) is 0.307. The molecule has 0 aliphatic carbocycles. The van der Waals surface area contributed by atoms with Gasteiger partial charge in [-0.25, -0.2) is 4.98 Å². The van der Waals surface area contributed by atoms with E-state index in [1.54, 1.807) is 10.6 Å². The molecule has 0 unspecified atom stereocenters. The fourth-order valence-corrected chi connectivity index (χ4v) is 4.23. The van der Waals surface area contributed by atoms with Crippen molar-refractivity contribution in [2.24, 2.45) is 0 Å². The Bertz CT molecular complexity index is 1200. The minimum absolute atomic E-state index is 0.00739. The molecule has 0 saturated heterocycles. The summed E-state index contributed by atoms with van der Waals surface area (Å²) >= 11 is 4.86. The smallest absolute Gasteiger partial charge is 0.262 e. The number of halogens is 1. The maximum absolute atomic E-state index is 12.9. The maximum Gasteiger partial charge on any atom is 0.262 e. The van der Waals surface area contributed by atoms with Gasteiger partial charge >= 0.3 is 0 Å². The van der Waals surface area contributed by atoms with Gasteiger partial charge in [0.1, 0.15) is 0 Å². The lowest BCUT2D eigenvalue weighted by molar-refractivity contribution is 0.391. The minimum Gasteiger partial charge on any atom is -0.338 e. The van der Waals surface area contributed by atoms with Gasteiger partial charge < -0.3 is 4.52 Å². The topological polar surface area (TPSA) is 73.8 Å². The zero-order valence-corrected chi connectivity index (χ0v) is 17.7. The second-order valence-corrected chi connectivity index (χ2v) is 8.35. The van der Waals surface area contributed by atoms with E-state index in [1.807, 2.05) is 56.3 Å². The van der Waals surface area contributed by atoms with E-state index >= 15 is 0 Å². The van der Waals surface area contributed by atoms with Gasteiger partial charge in [-0.15, -0.1) is 0 Å². The van der Waals surface area contributed by atoms with Gasteiger partial charge in [-0.05, 0) is 38.1 Å². The number of rotatable bonds is 5. The van der Waals surface area contributed by atoms with Crippen LogP contribution in [-0.2, 0) is 5.75 Å². The van der Waals surface area contributed by atoms with Crippen LogP contribution in [0.1, 0.15) is 25.8 Å². The summed E-state index contributed by atoms with van der Waals surface area (Å²) in [5.41, 5.74) is 1.52. The molecular formula is C20H17BrN4O2S. The number of fused-ring (bicyclic) bond motifs is 1. The fraction of sp³-hybridized carbons (Fsp3) is 0.200. The molecule has 0 spiro atoms. The molecule has 2 aromatic carbocycles. The molecule has 0 aliphatic rings. The standard InChI is InChI=1S/C20H17BrN4O2S/c1-12(2)25-19(26)15-8-3-4-9-16(15)22-20(25)28-11-17-23-18(24-27-17)13-6-5-7-14(21)10-13/h3-10,12H,11H2,1-2H3. The Morgan fingerprint density at radius 1 is 1.14 bits per heavy atom. The van der Waals surface area contributed by atoms with Gasteiger partial charge in [0.2, 0.25) is 11.7 Å². The molecule has 0 amide bonds. The third-order valence-corrected chi connectivity index (χ3v) is 5.60. The van der Waals surface area contributed by atoms with Gasteiger partial charge in [0.05, 0.1) is 16.7 Å². The lowest BCUT2D eigenvalue weighted by Crippen LogP contribution is -2.25. The van der Waals surface area contributed by atoms with Crippen molar-refractivity contribution in [2.45, 2.75) is 30.8 Å². The number of thioether (sulfide) groups is 1. The first-order valence-electron chi connectivity index (χ1n) is 8.75. The Hall–Kier alpha value is -2.45.